The lowest BCUT2D eigenvalue weighted by Crippen LogP contribution is -2.61. The molecule has 1 saturated carbocycles. The van der Waals surface area contributed by atoms with Crippen molar-refractivity contribution in [2.24, 2.45) is 5.41 Å². The van der Waals surface area contributed by atoms with Gasteiger partial charge < -0.3 is 15.3 Å². The van der Waals surface area contributed by atoms with Gasteiger partial charge in [-0.05, 0) is 25.2 Å². The van der Waals surface area contributed by atoms with Gasteiger partial charge in [0.1, 0.15) is 12.6 Å². The van der Waals surface area contributed by atoms with E-state index in [0.717, 1.165) is 24.2 Å². The second-order valence-electron chi connectivity index (χ2n) is 5.80. The highest BCUT2D eigenvalue weighted by atomic mass is 16.4. The second-order valence-corrected chi connectivity index (χ2v) is 5.80. The number of carbonyl (C=O) groups is 4. The molecule has 0 aromatic carbocycles. The molecule has 1 aliphatic heterocycles. The normalized spacial score (nSPS) is 24.0. The number of imide groups is 1. The van der Waals surface area contributed by atoms with Crippen LogP contribution in [0.3, 0.4) is 0 Å². The number of rotatable bonds is 4. The smallest absolute Gasteiger partial charge is 0.318 e. The number of hydrogen-bond donors (Lipinski definition) is 3. The molecular formula is C13H19N3O5. The van der Waals surface area contributed by atoms with Crippen LogP contribution in [0.25, 0.3) is 0 Å². The Labute approximate surface area is 121 Å². The summed E-state index contributed by atoms with van der Waals surface area (Å²) in [6.45, 7) is 1.61. The minimum absolute atomic E-state index is 0.0161. The summed E-state index contributed by atoms with van der Waals surface area (Å²) >= 11 is 0. The monoisotopic (exact) mass is 297 g/mol. The molecule has 1 aliphatic carbocycles. The van der Waals surface area contributed by atoms with Gasteiger partial charge in [-0.1, -0.05) is 6.42 Å². The maximum atomic E-state index is 12.1. The number of nitrogens with one attached hydrogen (secondary N) is 2. The Morgan fingerprint density at radius 2 is 2.10 bits per heavy atom. The van der Waals surface area contributed by atoms with Gasteiger partial charge in [0.05, 0.1) is 6.42 Å². The summed E-state index contributed by atoms with van der Waals surface area (Å²) in [5, 5.41) is 13.7. The van der Waals surface area contributed by atoms with E-state index in [0.29, 0.717) is 0 Å². The molecule has 8 heteroatoms. The number of piperazine rings is 1. The van der Waals surface area contributed by atoms with Crippen molar-refractivity contribution in [2.45, 2.75) is 38.6 Å². The van der Waals surface area contributed by atoms with Gasteiger partial charge in [-0.2, -0.15) is 0 Å². The maximum Gasteiger partial charge on any atom is 0.318 e. The van der Waals surface area contributed by atoms with Gasteiger partial charge in [-0.25, -0.2) is 4.79 Å². The van der Waals surface area contributed by atoms with E-state index in [1.165, 1.54) is 6.92 Å². The van der Waals surface area contributed by atoms with E-state index in [9.17, 15) is 19.2 Å². The summed E-state index contributed by atoms with van der Waals surface area (Å²) in [6, 6.07) is -1.23. The maximum absolute atomic E-state index is 12.1. The topological polar surface area (TPSA) is 116 Å². The van der Waals surface area contributed by atoms with Gasteiger partial charge in [0.2, 0.25) is 11.8 Å². The van der Waals surface area contributed by atoms with Crippen molar-refractivity contribution < 1.29 is 24.3 Å². The first-order valence-corrected chi connectivity index (χ1v) is 6.93. The largest absolute Gasteiger partial charge is 0.481 e. The molecule has 2 rings (SSSR count). The van der Waals surface area contributed by atoms with Crippen LogP contribution in [0, 0.1) is 5.41 Å². The highest BCUT2D eigenvalue weighted by molar-refractivity contribution is 6.03. The third-order valence-electron chi connectivity index (χ3n) is 4.24. The zero-order chi connectivity index (χ0) is 15.6. The third kappa shape index (κ3) is 3.32. The first-order valence-electron chi connectivity index (χ1n) is 6.93. The van der Waals surface area contributed by atoms with Crippen LogP contribution >= 0.6 is 0 Å². The quantitative estimate of drug-likeness (QED) is 0.615. The molecule has 1 heterocycles. The van der Waals surface area contributed by atoms with Crippen LogP contribution in [-0.4, -0.2) is 53.0 Å². The van der Waals surface area contributed by atoms with E-state index < -0.39 is 35.3 Å². The van der Waals surface area contributed by atoms with Crippen molar-refractivity contribution in [1.29, 1.82) is 0 Å². The van der Waals surface area contributed by atoms with Crippen molar-refractivity contribution in [3.8, 4) is 0 Å². The van der Waals surface area contributed by atoms with Crippen molar-refractivity contribution in [2.75, 3.05) is 13.1 Å². The summed E-state index contributed by atoms with van der Waals surface area (Å²) in [6.07, 6.45) is 2.48. The van der Waals surface area contributed by atoms with Crippen molar-refractivity contribution >= 4 is 23.8 Å². The molecule has 4 amide bonds. The molecular weight excluding hydrogens is 278 g/mol. The van der Waals surface area contributed by atoms with Gasteiger partial charge in [-0.3, -0.25) is 19.7 Å². The lowest BCUT2D eigenvalue weighted by Gasteiger charge is -2.41. The van der Waals surface area contributed by atoms with Gasteiger partial charge in [-0.15, -0.1) is 0 Å². The number of carbonyl (C=O) groups excluding carboxylic acids is 3. The van der Waals surface area contributed by atoms with Crippen LogP contribution in [-0.2, 0) is 14.4 Å². The number of nitrogens with zero attached hydrogens (tertiary/aromatic N) is 1. The van der Waals surface area contributed by atoms with Gasteiger partial charge in [0.15, 0.2) is 0 Å². The van der Waals surface area contributed by atoms with E-state index >= 15 is 0 Å². The van der Waals surface area contributed by atoms with Gasteiger partial charge in [0.25, 0.3) is 0 Å². The SMILES string of the molecule is CC1C(=O)NC(=O)CN1C(=O)NCC1(CC(=O)O)CCC1. The Hall–Kier alpha value is -2.12. The van der Waals surface area contributed by atoms with Gasteiger partial charge in [0, 0.05) is 6.54 Å². The number of amides is 4. The molecule has 1 unspecified atom stereocenters. The fraction of sp³-hybridized carbons (Fsp3) is 0.692. The highest BCUT2D eigenvalue weighted by Crippen LogP contribution is 2.43. The molecule has 1 saturated heterocycles. The molecule has 3 N–H and O–H groups in total. The van der Waals surface area contributed by atoms with Crippen LogP contribution < -0.4 is 10.6 Å². The zero-order valence-electron chi connectivity index (χ0n) is 11.8. The molecule has 0 bridgehead atoms. The Balaban J connectivity index is 1.93. The predicted molar refractivity (Wildman–Crippen MR) is 71.3 cm³/mol. The Morgan fingerprint density at radius 1 is 1.43 bits per heavy atom. The molecule has 2 fully saturated rings. The molecule has 0 aromatic heterocycles. The number of carboxylic acid groups (broad SMARTS) is 1. The van der Waals surface area contributed by atoms with Crippen molar-refractivity contribution in [1.82, 2.24) is 15.5 Å². The molecule has 2 aliphatic rings. The fourth-order valence-corrected chi connectivity index (χ4v) is 2.74. The number of urea groups is 1. The van der Waals surface area contributed by atoms with E-state index in [2.05, 4.69) is 10.6 Å². The van der Waals surface area contributed by atoms with Crippen LogP contribution in [0.15, 0.2) is 0 Å². The lowest BCUT2D eigenvalue weighted by molar-refractivity contribution is -0.141. The molecule has 21 heavy (non-hydrogen) atoms. The van der Waals surface area contributed by atoms with Crippen LogP contribution in [0.1, 0.15) is 32.6 Å². The van der Waals surface area contributed by atoms with E-state index in [1.54, 1.807) is 0 Å². The third-order valence-corrected chi connectivity index (χ3v) is 4.24. The summed E-state index contributed by atoms with van der Waals surface area (Å²) in [5.74, 6) is -1.91. The van der Waals surface area contributed by atoms with Gasteiger partial charge >= 0.3 is 12.0 Å². The Morgan fingerprint density at radius 3 is 2.62 bits per heavy atom. The van der Waals surface area contributed by atoms with E-state index in [-0.39, 0.29) is 19.5 Å². The summed E-state index contributed by atoms with van der Waals surface area (Å²) in [4.78, 5) is 47.0. The fourth-order valence-electron chi connectivity index (χ4n) is 2.74. The molecule has 8 nitrogen and oxygen atoms in total. The highest BCUT2D eigenvalue weighted by Gasteiger charge is 2.40. The number of carboxylic acids is 1. The lowest BCUT2D eigenvalue weighted by atomic mass is 9.66. The van der Waals surface area contributed by atoms with E-state index in [1.807, 2.05) is 0 Å². The molecule has 116 valence electrons. The first kappa shape index (κ1) is 15.3. The molecule has 1 atom stereocenters. The Kier molecular flexibility index (Phi) is 4.15. The number of hydrogen-bond acceptors (Lipinski definition) is 4. The zero-order valence-corrected chi connectivity index (χ0v) is 11.8. The second kappa shape index (κ2) is 5.71. The minimum atomic E-state index is -0.884. The Bertz CT molecular complexity index is 486. The average Bonchev–Trinajstić information content (AvgIpc) is 2.36. The summed E-state index contributed by atoms with van der Waals surface area (Å²) in [7, 11) is 0. The molecule has 0 radical (unpaired) electrons. The first-order chi connectivity index (χ1) is 9.83. The predicted octanol–water partition coefficient (Wildman–Crippen LogP) is -0.312. The van der Waals surface area contributed by atoms with Crippen molar-refractivity contribution in [3.63, 3.8) is 0 Å². The van der Waals surface area contributed by atoms with E-state index in [4.69, 9.17) is 5.11 Å². The van der Waals surface area contributed by atoms with Crippen molar-refractivity contribution in [3.05, 3.63) is 0 Å². The standard InChI is InChI=1S/C13H19N3O5/c1-8-11(20)15-9(17)6-16(8)12(21)14-7-13(3-2-4-13)5-10(18)19/h8H,2-7H2,1H3,(H,14,21)(H,18,19)(H,15,17,20). The summed E-state index contributed by atoms with van der Waals surface area (Å²) in [5.41, 5.74) is -0.396. The van der Waals surface area contributed by atoms with Crippen LogP contribution in [0.4, 0.5) is 4.79 Å². The molecule has 0 spiro atoms. The minimum Gasteiger partial charge on any atom is -0.481 e. The van der Waals surface area contributed by atoms with Crippen LogP contribution in [0.5, 0.6) is 0 Å². The number of aliphatic carboxylic acids is 1. The molecule has 0 aromatic rings. The average molecular weight is 297 g/mol. The summed E-state index contributed by atoms with van der Waals surface area (Å²) < 4.78 is 0. The van der Waals surface area contributed by atoms with Crippen LogP contribution in [0.2, 0.25) is 0 Å².